The van der Waals surface area contributed by atoms with Gasteiger partial charge in [-0.2, -0.15) is 0 Å². The second-order valence-electron chi connectivity index (χ2n) is 5.02. The molecule has 1 N–H and O–H groups in total. The first-order valence-electron chi connectivity index (χ1n) is 6.76. The summed E-state index contributed by atoms with van der Waals surface area (Å²) in [5.41, 5.74) is 0. The molecule has 1 fully saturated rings. The summed E-state index contributed by atoms with van der Waals surface area (Å²) in [5, 5.41) is 3.48. The number of nitrogens with one attached hydrogen (secondary N) is 1. The topological polar surface area (TPSA) is 33.7 Å². The van der Waals surface area contributed by atoms with Gasteiger partial charge in [0, 0.05) is 32.8 Å². The molecular formula is C13H28N2O2. The van der Waals surface area contributed by atoms with Crippen LogP contribution in [0.1, 0.15) is 27.2 Å². The monoisotopic (exact) mass is 244 g/mol. The van der Waals surface area contributed by atoms with Gasteiger partial charge in [-0.3, -0.25) is 4.90 Å². The molecule has 0 aromatic rings. The Balaban J connectivity index is 2.43. The van der Waals surface area contributed by atoms with Crippen LogP contribution < -0.4 is 5.32 Å². The lowest BCUT2D eigenvalue weighted by Crippen LogP contribution is -2.54. The summed E-state index contributed by atoms with van der Waals surface area (Å²) in [4.78, 5) is 2.49. The molecule has 3 unspecified atom stereocenters. The van der Waals surface area contributed by atoms with E-state index in [2.05, 4.69) is 31.0 Å². The summed E-state index contributed by atoms with van der Waals surface area (Å²) in [6.07, 6.45) is 1.82. The molecule has 0 bridgehead atoms. The Bertz CT molecular complexity index is 192. The van der Waals surface area contributed by atoms with Crippen molar-refractivity contribution in [2.24, 2.45) is 0 Å². The fourth-order valence-corrected chi connectivity index (χ4v) is 2.45. The normalized spacial score (nSPS) is 28.2. The number of methoxy groups -OCH3 is 1. The predicted molar refractivity (Wildman–Crippen MR) is 70.4 cm³/mol. The molecular weight excluding hydrogens is 216 g/mol. The van der Waals surface area contributed by atoms with Gasteiger partial charge in [-0.25, -0.2) is 0 Å². The van der Waals surface area contributed by atoms with Crippen LogP contribution in [0.15, 0.2) is 0 Å². The molecule has 0 amide bonds. The summed E-state index contributed by atoms with van der Waals surface area (Å²) in [7, 11) is 1.78. The van der Waals surface area contributed by atoms with E-state index in [-0.39, 0.29) is 0 Å². The fraction of sp³-hybridized carbons (Fsp3) is 1.00. The smallest absolute Gasteiger partial charge is 0.0678 e. The van der Waals surface area contributed by atoms with Crippen LogP contribution in [0.4, 0.5) is 0 Å². The van der Waals surface area contributed by atoms with Gasteiger partial charge in [-0.1, -0.05) is 6.92 Å². The molecule has 0 aromatic carbocycles. The molecule has 1 saturated heterocycles. The Kier molecular flexibility index (Phi) is 7.04. The van der Waals surface area contributed by atoms with E-state index in [0.717, 1.165) is 32.8 Å². The number of rotatable bonds is 7. The van der Waals surface area contributed by atoms with E-state index in [0.29, 0.717) is 18.2 Å². The van der Waals surface area contributed by atoms with Gasteiger partial charge >= 0.3 is 0 Å². The molecule has 17 heavy (non-hydrogen) atoms. The Morgan fingerprint density at radius 3 is 2.53 bits per heavy atom. The highest BCUT2D eigenvalue weighted by Crippen LogP contribution is 2.13. The van der Waals surface area contributed by atoms with Crippen LogP contribution in [-0.4, -0.2) is 63.0 Å². The maximum absolute atomic E-state index is 5.77. The first kappa shape index (κ1) is 14.9. The second kappa shape index (κ2) is 8.03. The minimum Gasteiger partial charge on any atom is -0.383 e. The number of nitrogens with zero attached hydrogens (tertiary/aromatic N) is 1. The molecule has 4 heteroatoms. The lowest BCUT2D eigenvalue weighted by atomic mass is 10.1. The summed E-state index contributed by atoms with van der Waals surface area (Å²) >= 11 is 0. The Morgan fingerprint density at radius 2 is 2.00 bits per heavy atom. The largest absolute Gasteiger partial charge is 0.383 e. The van der Waals surface area contributed by atoms with E-state index in [1.165, 1.54) is 6.42 Å². The molecule has 1 heterocycles. The predicted octanol–water partition coefficient (Wildman–Crippen LogP) is 1.11. The number of hydrogen-bond donors (Lipinski definition) is 1. The molecule has 0 aromatic heterocycles. The summed E-state index contributed by atoms with van der Waals surface area (Å²) in [6, 6.07) is 0.459. The zero-order valence-electron chi connectivity index (χ0n) is 11.7. The first-order chi connectivity index (χ1) is 8.17. The van der Waals surface area contributed by atoms with Crippen molar-refractivity contribution in [1.82, 2.24) is 10.2 Å². The number of hydrogen-bond acceptors (Lipinski definition) is 4. The SMILES string of the molecule is CCCNCC(COC)N1CC(C)OC(C)C1. The Hall–Kier alpha value is -0.160. The van der Waals surface area contributed by atoms with Crippen molar-refractivity contribution in [3.63, 3.8) is 0 Å². The van der Waals surface area contributed by atoms with Crippen molar-refractivity contribution in [3.8, 4) is 0 Å². The zero-order chi connectivity index (χ0) is 12.7. The van der Waals surface area contributed by atoms with Crippen molar-refractivity contribution in [2.45, 2.75) is 45.4 Å². The molecule has 0 spiro atoms. The first-order valence-corrected chi connectivity index (χ1v) is 6.76. The van der Waals surface area contributed by atoms with E-state index < -0.39 is 0 Å². The summed E-state index contributed by atoms with van der Waals surface area (Å²) < 4.78 is 11.1. The highest BCUT2D eigenvalue weighted by atomic mass is 16.5. The third-order valence-corrected chi connectivity index (χ3v) is 3.13. The van der Waals surface area contributed by atoms with E-state index >= 15 is 0 Å². The average molecular weight is 244 g/mol. The fourth-order valence-electron chi connectivity index (χ4n) is 2.45. The van der Waals surface area contributed by atoms with Gasteiger partial charge < -0.3 is 14.8 Å². The maximum Gasteiger partial charge on any atom is 0.0678 e. The van der Waals surface area contributed by atoms with Gasteiger partial charge in [-0.15, -0.1) is 0 Å². The molecule has 0 saturated carbocycles. The molecule has 1 aliphatic heterocycles. The lowest BCUT2D eigenvalue weighted by Gasteiger charge is -2.40. The van der Waals surface area contributed by atoms with Gasteiger partial charge in [0.1, 0.15) is 0 Å². The molecule has 3 atom stereocenters. The van der Waals surface area contributed by atoms with Crippen LogP contribution in [0.5, 0.6) is 0 Å². The standard InChI is InChI=1S/C13H28N2O2/c1-5-6-14-7-13(10-16-4)15-8-11(2)17-12(3)9-15/h11-14H,5-10H2,1-4H3. The third kappa shape index (κ3) is 5.34. The van der Waals surface area contributed by atoms with Gasteiger partial charge in [-0.05, 0) is 26.8 Å². The van der Waals surface area contributed by atoms with E-state index in [1.54, 1.807) is 7.11 Å². The van der Waals surface area contributed by atoms with E-state index in [4.69, 9.17) is 9.47 Å². The van der Waals surface area contributed by atoms with Gasteiger partial charge in [0.15, 0.2) is 0 Å². The molecule has 1 aliphatic rings. The van der Waals surface area contributed by atoms with Crippen LogP contribution in [0.25, 0.3) is 0 Å². The third-order valence-electron chi connectivity index (χ3n) is 3.13. The van der Waals surface area contributed by atoms with E-state index in [1.807, 2.05) is 0 Å². The summed E-state index contributed by atoms with van der Waals surface area (Å²) in [6.45, 7) is 11.4. The van der Waals surface area contributed by atoms with Gasteiger partial charge in [0.2, 0.25) is 0 Å². The van der Waals surface area contributed by atoms with Crippen molar-refractivity contribution in [1.29, 1.82) is 0 Å². The van der Waals surface area contributed by atoms with Gasteiger partial charge in [0.25, 0.3) is 0 Å². The van der Waals surface area contributed by atoms with Crippen molar-refractivity contribution >= 4 is 0 Å². The quantitative estimate of drug-likeness (QED) is 0.680. The van der Waals surface area contributed by atoms with Crippen LogP contribution in [-0.2, 0) is 9.47 Å². The van der Waals surface area contributed by atoms with Crippen molar-refractivity contribution in [2.75, 3.05) is 39.9 Å². The van der Waals surface area contributed by atoms with Crippen molar-refractivity contribution < 1.29 is 9.47 Å². The van der Waals surface area contributed by atoms with E-state index in [9.17, 15) is 0 Å². The summed E-state index contributed by atoms with van der Waals surface area (Å²) in [5.74, 6) is 0. The Labute approximate surface area is 106 Å². The molecule has 1 rings (SSSR count). The molecule has 102 valence electrons. The molecule has 0 radical (unpaired) electrons. The highest BCUT2D eigenvalue weighted by Gasteiger charge is 2.27. The maximum atomic E-state index is 5.77. The minimum atomic E-state index is 0.323. The zero-order valence-corrected chi connectivity index (χ0v) is 11.7. The van der Waals surface area contributed by atoms with Crippen molar-refractivity contribution in [3.05, 3.63) is 0 Å². The Morgan fingerprint density at radius 1 is 1.35 bits per heavy atom. The van der Waals surface area contributed by atoms with Gasteiger partial charge in [0.05, 0.1) is 18.8 Å². The molecule has 4 nitrogen and oxygen atoms in total. The van der Waals surface area contributed by atoms with Crippen LogP contribution in [0.3, 0.4) is 0 Å². The number of ether oxygens (including phenoxy) is 2. The average Bonchev–Trinajstić information content (AvgIpc) is 2.27. The minimum absolute atomic E-state index is 0.323. The lowest BCUT2D eigenvalue weighted by molar-refractivity contribution is -0.0870. The van der Waals surface area contributed by atoms with Crippen LogP contribution in [0.2, 0.25) is 0 Å². The van der Waals surface area contributed by atoms with Crippen LogP contribution >= 0.6 is 0 Å². The van der Waals surface area contributed by atoms with Crippen LogP contribution in [0, 0.1) is 0 Å². The second-order valence-corrected chi connectivity index (χ2v) is 5.02. The molecule has 0 aliphatic carbocycles. The highest BCUT2D eigenvalue weighted by molar-refractivity contribution is 4.81. The number of morpholine rings is 1.